The van der Waals surface area contributed by atoms with Crippen molar-refractivity contribution in [2.24, 2.45) is 0 Å². The Morgan fingerprint density at radius 3 is 2.57 bits per heavy atom. The standard InChI is InChI=1S/C38H36Cl2N8O3/c39-34-25(6-3-8-27(34)38-45-30-17-22(21-47-13-1-2-14-47)16-23(19-41)36(30)51-38)26-7-4-9-29(35(26)40)44-37(50)31-18-32-28(10-5-15-48(32)46-31)42-20-24-11-12-33(49)43-24/h3-4,6-9,16-18,24,28,42H,1-2,5,10-15,20-21H2,(H,43,49)(H,44,50)/t24-,28?/m0/s1. The van der Waals surface area contributed by atoms with Crippen molar-refractivity contribution in [2.75, 3.05) is 25.0 Å². The van der Waals surface area contributed by atoms with Crippen LogP contribution in [0.15, 0.2) is 59.0 Å². The number of aryl methyl sites for hydroxylation is 1. The molecule has 13 heteroatoms. The van der Waals surface area contributed by atoms with E-state index in [9.17, 15) is 14.9 Å². The molecule has 51 heavy (non-hydrogen) atoms. The molecule has 0 aliphatic carbocycles. The first-order valence-electron chi connectivity index (χ1n) is 17.4. The number of nitrogens with one attached hydrogen (secondary N) is 3. The molecule has 8 rings (SSSR count). The number of hydrogen-bond donors (Lipinski definition) is 3. The quantitative estimate of drug-likeness (QED) is 0.147. The predicted octanol–water partition coefficient (Wildman–Crippen LogP) is 7.09. The highest BCUT2D eigenvalue weighted by Crippen LogP contribution is 2.42. The maximum absolute atomic E-state index is 13.5. The van der Waals surface area contributed by atoms with Crippen LogP contribution in [0.5, 0.6) is 0 Å². The number of benzene rings is 3. The van der Waals surface area contributed by atoms with E-state index in [0.29, 0.717) is 73.6 Å². The van der Waals surface area contributed by atoms with E-state index in [1.54, 1.807) is 12.1 Å². The molecule has 0 saturated carbocycles. The van der Waals surface area contributed by atoms with Crippen molar-refractivity contribution in [1.82, 2.24) is 30.3 Å². The van der Waals surface area contributed by atoms with Crippen LogP contribution in [0, 0.1) is 11.3 Å². The molecule has 2 fully saturated rings. The van der Waals surface area contributed by atoms with Gasteiger partial charge in [-0.2, -0.15) is 10.4 Å². The van der Waals surface area contributed by atoms with Gasteiger partial charge in [-0.1, -0.05) is 47.5 Å². The van der Waals surface area contributed by atoms with Crippen molar-refractivity contribution in [3.05, 3.63) is 87.2 Å². The minimum absolute atomic E-state index is 0.0383. The number of fused-ring (bicyclic) bond motifs is 2. The zero-order valence-corrected chi connectivity index (χ0v) is 29.4. The number of halogens is 2. The van der Waals surface area contributed by atoms with Crippen LogP contribution < -0.4 is 16.0 Å². The monoisotopic (exact) mass is 722 g/mol. The fraction of sp³-hybridized carbons (Fsp3) is 0.342. The maximum atomic E-state index is 13.5. The molecule has 5 aromatic rings. The van der Waals surface area contributed by atoms with E-state index in [-0.39, 0.29) is 23.9 Å². The first-order chi connectivity index (χ1) is 24.8. The highest BCUT2D eigenvalue weighted by atomic mass is 35.5. The Morgan fingerprint density at radius 2 is 1.78 bits per heavy atom. The Bertz CT molecular complexity index is 2200. The molecule has 0 spiro atoms. The number of carbonyl (C=O) groups excluding carboxylic acids is 2. The van der Waals surface area contributed by atoms with Crippen LogP contribution in [0.4, 0.5) is 5.69 Å². The van der Waals surface area contributed by atoms with E-state index in [0.717, 1.165) is 56.7 Å². The lowest BCUT2D eigenvalue weighted by molar-refractivity contribution is -0.119. The summed E-state index contributed by atoms with van der Waals surface area (Å²) in [7, 11) is 0. The Kier molecular flexibility index (Phi) is 9.25. The topological polar surface area (TPSA) is 141 Å². The van der Waals surface area contributed by atoms with Crippen molar-refractivity contribution >= 4 is 51.8 Å². The van der Waals surface area contributed by atoms with Gasteiger partial charge in [0.1, 0.15) is 11.6 Å². The molecule has 2 amide bonds. The van der Waals surface area contributed by atoms with Gasteiger partial charge in [0.25, 0.3) is 5.91 Å². The third-order valence-electron chi connectivity index (χ3n) is 10.0. The minimum atomic E-state index is -0.374. The lowest BCUT2D eigenvalue weighted by Gasteiger charge is -2.25. The number of aromatic nitrogens is 3. The second-order valence-corrected chi connectivity index (χ2v) is 14.2. The number of nitrogens with zero attached hydrogens (tertiary/aromatic N) is 5. The summed E-state index contributed by atoms with van der Waals surface area (Å²) >= 11 is 14.0. The predicted molar refractivity (Wildman–Crippen MR) is 195 cm³/mol. The van der Waals surface area contributed by atoms with Gasteiger partial charge in [-0.05, 0) is 81.1 Å². The third kappa shape index (κ3) is 6.72. The average Bonchev–Trinajstić information content (AvgIpc) is 3.96. The molecule has 260 valence electrons. The van der Waals surface area contributed by atoms with Crippen molar-refractivity contribution in [3.8, 4) is 28.7 Å². The summed E-state index contributed by atoms with van der Waals surface area (Å²) in [5, 5.41) is 24.7. The maximum Gasteiger partial charge on any atom is 0.276 e. The highest BCUT2D eigenvalue weighted by Gasteiger charge is 2.28. The summed E-state index contributed by atoms with van der Waals surface area (Å²) in [4.78, 5) is 32.3. The van der Waals surface area contributed by atoms with Gasteiger partial charge in [0.2, 0.25) is 11.8 Å². The highest BCUT2D eigenvalue weighted by molar-refractivity contribution is 6.39. The van der Waals surface area contributed by atoms with Gasteiger partial charge in [-0.25, -0.2) is 4.98 Å². The fourth-order valence-corrected chi connectivity index (χ4v) is 8.01. The number of anilines is 1. The molecule has 1 unspecified atom stereocenters. The molecular formula is C38H36Cl2N8O3. The number of rotatable bonds is 9. The SMILES string of the molecule is N#Cc1cc(CN2CCCC2)cc2nc(-c3cccc(-c4cccc(NC(=O)c5cc6n(n5)CCCC6NC[C@@H]5CCC(=O)N5)c4Cl)c3Cl)oc12. The zero-order chi connectivity index (χ0) is 35.1. The number of nitriles is 1. The number of oxazole rings is 1. The third-order valence-corrected chi connectivity index (χ3v) is 10.8. The second kappa shape index (κ2) is 14.1. The molecule has 3 aliphatic rings. The molecule has 3 aromatic carbocycles. The minimum Gasteiger partial charge on any atom is -0.435 e. The van der Waals surface area contributed by atoms with Crippen LogP contribution >= 0.6 is 23.2 Å². The number of hydrogen-bond acceptors (Lipinski definition) is 8. The molecule has 3 N–H and O–H groups in total. The van der Waals surface area contributed by atoms with Crippen LogP contribution in [0.1, 0.15) is 71.9 Å². The Labute approximate surface area is 304 Å². The lowest BCUT2D eigenvalue weighted by atomic mass is 10.0. The van der Waals surface area contributed by atoms with Gasteiger partial charge in [-0.15, -0.1) is 0 Å². The molecule has 0 radical (unpaired) electrons. The van der Waals surface area contributed by atoms with E-state index in [1.165, 1.54) is 12.8 Å². The van der Waals surface area contributed by atoms with Gasteiger partial charge in [0.15, 0.2) is 11.3 Å². The van der Waals surface area contributed by atoms with Crippen LogP contribution in [0.25, 0.3) is 33.7 Å². The molecule has 2 atom stereocenters. The van der Waals surface area contributed by atoms with Crippen LogP contribution in [-0.4, -0.2) is 57.2 Å². The average molecular weight is 724 g/mol. The van der Waals surface area contributed by atoms with Crippen molar-refractivity contribution < 1.29 is 14.0 Å². The summed E-state index contributed by atoms with van der Waals surface area (Å²) in [6.07, 6.45) is 5.60. The largest absolute Gasteiger partial charge is 0.435 e. The molecule has 2 saturated heterocycles. The van der Waals surface area contributed by atoms with Gasteiger partial charge in [0.05, 0.1) is 32.6 Å². The van der Waals surface area contributed by atoms with Gasteiger partial charge < -0.3 is 20.4 Å². The number of amides is 2. The molecule has 0 bridgehead atoms. The Balaban J connectivity index is 1.03. The van der Waals surface area contributed by atoms with E-state index in [4.69, 9.17) is 32.6 Å². The van der Waals surface area contributed by atoms with E-state index in [1.807, 2.05) is 47.1 Å². The summed E-state index contributed by atoms with van der Waals surface area (Å²) in [5.74, 6) is 0.0188. The summed E-state index contributed by atoms with van der Waals surface area (Å²) < 4.78 is 8.05. The normalized spacial score (nSPS) is 18.9. The zero-order valence-electron chi connectivity index (χ0n) is 27.8. The van der Waals surface area contributed by atoms with E-state index >= 15 is 0 Å². The Morgan fingerprint density at radius 1 is 1.00 bits per heavy atom. The van der Waals surface area contributed by atoms with Crippen LogP contribution in [0.2, 0.25) is 10.0 Å². The fourth-order valence-electron chi connectivity index (χ4n) is 7.42. The van der Waals surface area contributed by atoms with Gasteiger partial charge in [0, 0.05) is 49.3 Å². The molecule has 2 aromatic heterocycles. The Hall–Kier alpha value is -4.73. The first-order valence-corrected chi connectivity index (χ1v) is 18.2. The van der Waals surface area contributed by atoms with Gasteiger partial charge >= 0.3 is 0 Å². The van der Waals surface area contributed by atoms with Crippen molar-refractivity contribution in [3.63, 3.8) is 0 Å². The number of carbonyl (C=O) groups is 2. The lowest BCUT2D eigenvalue weighted by Crippen LogP contribution is -2.38. The number of likely N-dealkylation sites (tertiary alicyclic amines) is 1. The van der Waals surface area contributed by atoms with Crippen LogP contribution in [0.3, 0.4) is 0 Å². The molecule has 11 nitrogen and oxygen atoms in total. The molecular weight excluding hydrogens is 687 g/mol. The summed E-state index contributed by atoms with van der Waals surface area (Å²) in [5.41, 5.74) is 5.96. The van der Waals surface area contributed by atoms with Crippen LogP contribution in [-0.2, 0) is 17.9 Å². The van der Waals surface area contributed by atoms with Crippen molar-refractivity contribution in [1.29, 1.82) is 5.26 Å². The molecule has 3 aliphatic heterocycles. The first kappa shape index (κ1) is 33.4. The summed E-state index contributed by atoms with van der Waals surface area (Å²) in [6, 6.07) is 19.0. The smallest absolute Gasteiger partial charge is 0.276 e. The van der Waals surface area contributed by atoms with Crippen molar-refractivity contribution in [2.45, 2.75) is 63.7 Å². The second-order valence-electron chi connectivity index (χ2n) is 13.5. The molecule has 5 heterocycles. The van der Waals surface area contributed by atoms with Gasteiger partial charge in [-0.3, -0.25) is 19.2 Å². The summed E-state index contributed by atoms with van der Waals surface area (Å²) in [6.45, 7) is 4.25. The van der Waals surface area contributed by atoms with E-state index in [2.05, 4.69) is 32.0 Å². The van der Waals surface area contributed by atoms with E-state index < -0.39 is 0 Å².